The molecule has 3 rings (SSSR count). The van der Waals surface area contributed by atoms with Crippen LogP contribution in [0, 0.1) is 5.41 Å². The number of methoxy groups -OCH3 is 1. The van der Waals surface area contributed by atoms with Gasteiger partial charge < -0.3 is 18.9 Å². The van der Waals surface area contributed by atoms with E-state index >= 15 is 0 Å². The van der Waals surface area contributed by atoms with Crippen molar-refractivity contribution in [3.8, 4) is 16.9 Å². The first kappa shape index (κ1) is 24.5. The predicted octanol–water partition coefficient (Wildman–Crippen LogP) is 5.82. The Morgan fingerprint density at radius 3 is 2.39 bits per heavy atom. The first-order valence-electron chi connectivity index (χ1n) is 11.0. The quantitative estimate of drug-likeness (QED) is 0.198. The number of rotatable bonds is 10. The minimum atomic E-state index is -0.423. The van der Waals surface area contributed by atoms with E-state index in [4.69, 9.17) is 18.9 Å². The molecule has 0 atom stereocenters. The Morgan fingerprint density at radius 1 is 1.09 bits per heavy atom. The standard InChI is InChI=1S/C28H32O5/c1-6-22(14-21(4)33-27(29)20(2)3)24-8-7-9-25(15-24)23-10-12-26(13-11-23)32-19-28(16-30-5)17-31-18-28/h6-15H,2,16-19H2,1,3-5H3/b21-14+,22-6+. The van der Waals surface area contributed by atoms with Crippen molar-refractivity contribution in [1.82, 2.24) is 0 Å². The van der Waals surface area contributed by atoms with Crippen LogP contribution < -0.4 is 4.74 Å². The highest BCUT2D eigenvalue weighted by atomic mass is 16.5. The highest BCUT2D eigenvalue weighted by Gasteiger charge is 2.39. The smallest absolute Gasteiger partial charge is 0.338 e. The summed E-state index contributed by atoms with van der Waals surface area (Å²) in [6.07, 6.45) is 3.85. The zero-order valence-electron chi connectivity index (χ0n) is 19.9. The van der Waals surface area contributed by atoms with Crippen LogP contribution in [0.15, 0.2) is 78.6 Å². The fourth-order valence-corrected chi connectivity index (χ4v) is 3.58. The third kappa shape index (κ3) is 6.44. The van der Waals surface area contributed by atoms with Gasteiger partial charge in [0.1, 0.15) is 18.1 Å². The molecule has 0 saturated carbocycles. The molecule has 0 radical (unpaired) electrons. The third-order valence-corrected chi connectivity index (χ3v) is 5.47. The lowest BCUT2D eigenvalue weighted by Crippen LogP contribution is -2.50. The van der Waals surface area contributed by atoms with Gasteiger partial charge in [-0.1, -0.05) is 43.0 Å². The monoisotopic (exact) mass is 448 g/mol. The van der Waals surface area contributed by atoms with Gasteiger partial charge in [0.2, 0.25) is 0 Å². The lowest BCUT2D eigenvalue weighted by molar-refractivity contribution is -0.159. The van der Waals surface area contributed by atoms with Crippen LogP contribution in [-0.4, -0.2) is 39.5 Å². The molecular formula is C28H32O5. The molecular weight excluding hydrogens is 416 g/mol. The third-order valence-electron chi connectivity index (χ3n) is 5.47. The van der Waals surface area contributed by atoms with Gasteiger partial charge in [0.05, 0.1) is 25.2 Å². The van der Waals surface area contributed by atoms with Crippen LogP contribution in [0.5, 0.6) is 5.75 Å². The summed E-state index contributed by atoms with van der Waals surface area (Å²) in [5.41, 5.74) is 4.51. The van der Waals surface area contributed by atoms with Gasteiger partial charge in [0, 0.05) is 12.7 Å². The summed E-state index contributed by atoms with van der Waals surface area (Å²) in [4.78, 5) is 11.8. The van der Waals surface area contributed by atoms with Crippen LogP contribution in [0.3, 0.4) is 0 Å². The largest absolute Gasteiger partial charge is 0.493 e. The van der Waals surface area contributed by atoms with Crippen LogP contribution in [0.1, 0.15) is 26.3 Å². The first-order valence-corrected chi connectivity index (χ1v) is 11.0. The van der Waals surface area contributed by atoms with E-state index in [1.807, 2.05) is 43.3 Å². The van der Waals surface area contributed by atoms with E-state index in [1.54, 1.807) is 21.0 Å². The SMILES string of the molecule is C=C(C)C(=O)O/C(C)=C/C(=C\C)c1cccc(-c2ccc(OCC3(COC)COC3)cc2)c1. The lowest BCUT2D eigenvalue weighted by Gasteiger charge is -2.40. The fourth-order valence-electron chi connectivity index (χ4n) is 3.58. The molecule has 1 heterocycles. The molecule has 1 saturated heterocycles. The Labute approximate surface area is 196 Å². The van der Waals surface area contributed by atoms with Gasteiger partial charge >= 0.3 is 5.97 Å². The Hall–Kier alpha value is -3.15. The number of esters is 1. The maximum Gasteiger partial charge on any atom is 0.338 e. The van der Waals surface area contributed by atoms with Crippen molar-refractivity contribution in [2.24, 2.45) is 5.41 Å². The molecule has 1 aliphatic rings. The number of ether oxygens (including phenoxy) is 4. The molecule has 5 nitrogen and oxygen atoms in total. The van der Waals surface area contributed by atoms with Gasteiger partial charge in [-0.05, 0) is 67.3 Å². The molecule has 2 aromatic rings. The van der Waals surface area contributed by atoms with E-state index < -0.39 is 5.97 Å². The van der Waals surface area contributed by atoms with E-state index in [1.165, 1.54) is 0 Å². The molecule has 33 heavy (non-hydrogen) atoms. The van der Waals surface area contributed by atoms with Gasteiger partial charge in [0.15, 0.2) is 0 Å². The molecule has 0 N–H and O–H groups in total. The molecule has 0 bridgehead atoms. The average molecular weight is 449 g/mol. The minimum absolute atomic E-state index is 0.0466. The number of carbonyl (C=O) groups is 1. The Bertz CT molecular complexity index is 1040. The van der Waals surface area contributed by atoms with E-state index in [-0.39, 0.29) is 5.41 Å². The second kappa shape index (κ2) is 11.1. The van der Waals surface area contributed by atoms with Gasteiger partial charge in [-0.25, -0.2) is 4.79 Å². The molecule has 174 valence electrons. The zero-order chi connectivity index (χ0) is 23.8. The van der Waals surface area contributed by atoms with Crippen molar-refractivity contribution in [2.75, 3.05) is 33.5 Å². The van der Waals surface area contributed by atoms with Gasteiger partial charge in [-0.3, -0.25) is 0 Å². The number of benzene rings is 2. The zero-order valence-corrected chi connectivity index (χ0v) is 19.9. The highest BCUT2D eigenvalue weighted by molar-refractivity contribution is 5.88. The molecule has 0 spiro atoms. The molecule has 0 aliphatic carbocycles. The second-order valence-corrected chi connectivity index (χ2v) is 8.49. The second-order valence-electron chi connectivity index (χ2n) is 8.49. The van der Waals surface area contributed by atoms with E-state index in [2.05, 4.69) is 30.8 Å². The van der Waals surface area contributed by atoms with Crippen molar-refractivity contribution in [3.05, 3.63) is 84.2 Å². The van der Waals surface area contributed by atoms with E-state index in [9.17, 15) is 4.79 Å². The van der Waals surface area contributed by atoms with Crippen molar-refractivity contribution in [1.29, 1.82) is 0 Å². The fraction of sp³-hybridized carbons (Fsp3) is 0.321. The maximum absolute atomic E-state index is 11.8. The van der Waals surface area contributed by atoms with Crippen molar-refractivity contribution in [3.63, 3.8) is 0 Å². The van der Waals surface area contributed by atoms with E-state index in [0.29, 0.717) is 37.8 Å². The molecule has 2 aromatic carbocycles. The van der Waals surface area contributed by atoms with Crippen molar-refractivity contribution in [2.45, 2.75) is 20.8 Å². The summed E-state index contributed by atoms with van der Waals surface area (Å²) in [5, 5.41) is 0. The normalized spacial score (nSPS) is 15.5. The molecule has 0 aromatic heterocycles. The van der Waals surface area contributed by atoms with Crippen LogP contribution >= 0.6 is 0 Å². The number of hydrogen-bond donors (Lipinski definition) is 0. The Kier molecular flexibility index (Phi) is 8.26. The summed E-state index contributed by atoms with van der Waals surface area (Å²) in [7, 11) is 1.70. The van der Waals surface area contributed by atoms with Gasteiger partial charge in [-0.2, -0.15) is 0 Å². The lowest BCUT2D eigenvalue weighted by atomic mass is 9.88. The highest BCUT2D eigenvalue weighted by Crippen LogP contribution is 2.30. The number of allylic oxidation sites excluding steroid dienone is 4. The maximum atomic E-state index is 11.8. The molecule has 5 heteroatoms. The Morgan fingerprint density at radius 2 is 1.82 bits per heavy atom. The van der Waals surface area contributed by atoms with Crippen LogP contribution in [0.25, 0.3) is 16.7 Å². The predicted molar refractivity (Wildman–Crippen MR) is 131 cm³/mol. The minimum Gasteiger partial charge on any atom is -0.493 e. The molecule has 1 aliphatic heterocycles. The average Bonchev–Trinajstić information content (AvgIpc) is 2.79. The van der Waals surface area contributed by atoms with Gasteiger partial charge in [-0.15, -0.1) is 0 Å². The topological polar surface area (TPSA) is 54.0 Å². The van der Waals surface area contributed by atoms with Gasteiger partial charge in [0.25, 0.3) is 0 Å². The first-order chi connectivity index (χ1) is 15.9. The summed E-state index contributed by atoms with van der Waals surface area (Å²) in [6.45, 7) is 11.5. The summed E-state index contributed by atoms with van der Waals surface area (Å²) < 4.78 is 22.0. The summed E-state index contributed by atoms with van der Waals surface area (Å²) >= 11 is 0. The molecule has 1 fully saturated rings. The van der Waals surface area contributed by atoms with Crippen LogP contribution in [0.2, 0.25) is 0 Å². The summed E-state index contributed by atoms with van der Waals surface area (Å²) in [6, 6.07) is 16.3. The Balaban J connectivity index is 1.70. The molecule has 0 amide bonds. The van der Waals surface area contributed by atoms with E-state index in [0.717, 1.165) is 28.0 Å². The van der Waals surface area contributed by atoms with Crippen LogP contribution in [0.4, 0.5) is 0 Å². The van der Waals surface area contributed by atoms with Crippen molar-refractivity contribution < 1.29 is 23.7 Å². The summed E-state index contributed by atoms with van der Waals surface area (Å²) in [5.74, 6) is 0.920. The molecule has 0 unspecified atom stereocenters. The van der Waals surface area contributed by atoms with Crippen LogP contribution in [-0.2, 0) is 19.0 Å². The number of carbonyl (C=O) groups excluding carboxylic acids is 1. The number of hydrogen-bond acceptors (Lipinski definition) is 5. The van der Waals surface area contributed by atoms with Crippen molar-refractivity contribution >= 4 is 11.5 Å².